The second-order valence-corrected chi connectivity index (χ2v) is 3.01. The SMILES string of the molecule is CCC/C=C\CC(C)CC. The van der Waals surface area contributed by atoms with Crippen LogP contribution in [0.4, 0.5) is 0 Å². The molecule has 1 unspecified atom stereocenters. The van der Waals surface area contributed by atoms with Gasteiger partial charge < -0.3 is 0 Å². The molecule has 0 radical (unpaired) electrons. The van der Waals surface area contributed by atoms with Crippen molar-refractivity contribution in [3.63, 3.8) is 0 Å². The third-order valence-corrected chi connectivity index (χ3v) is 1.86. The van der Waals surface area contributed by atoms with Crippen LogP contribution in [0.3, 0.4) is 0 Å². The van der Waals surface area contributed by atoms with Crippen molar-refractivity contribution < 1.29 is 0 Å². The van der Waals surface area contributed by atoms with E-state index in [0.29, 0.717) is 0 Å². The molecule has 0 aromatic heterocycles. The van der Waals surface area contributed by atoms with E-state index in [0.717, 1.165) is 5.92 Å². The maximum absolute atomic E-state index is 2.32. The van der Waals surface area contributed by atoms with E-state index in [9.17, 15) is 0 Å². The Hall–Kier alpha value is -0.260. The van der Waals surface area contributed by atoms with Gasteiger partial charge in [0, 0.05) is 0 Å². The molecule has 0 aromatic carbocycles. The second-order valence-electron chi connectivity index (χ2n) is 3.01. The van der Waals surface area contributed by atoms with Crippen molar-refractivity contribution >= 4 is 0 Å². The summed E-state index contributed by atoms with van der Waals surface area (Å²) in [5.41, 5.74) is 0. The highest BCUT2D eigenvalue weighted by Gasteiger charge is 1.92. The zero-order valence-corrected chi connectivity index (χ0v) is 7.56. The predicted molar refractivity (Wildman–Crippen MR) is 48.1 cm³/mol. The average molecular weight is 140 g/mol. The predicted octanol–water partition coefficient (Wildman–Crippen LogP) is 3.78. The van der Waals surface area contributed by atoms with E-state index >= 15 is 0 Å². The molecule has 60 valence electrons. The second kappa shape index (κ2) is 6.85. The smallest absolute Gasteiger partial charge is 0.0325 e. The molecule has 0 saturated heterocycles. The molecule has 0 amide bonds. The van der Waals surface area contributed by atoms with Crippen LogP contribution in [0.5, 0.6) is 0 Å². The standard InChI is InChI=1S/C10H20/c1-4-6-7-8-9-10(3)5-2/h7-8,10H,4-6,9H2,1-3H3/b8-7-. The molecule has 0 saturated carbocycles. The van der Waals surface area contributed by atoms with Gasteiger partial charge in [-0.15, -0.1) is 0 Å². The van der Waals surface area contributed by atoms with Crippen molar-refractivity contribution in [2.75, 3.05) is 0 Å². The molecule has 0 aliphatic heterocycles. The first-order chi connectivity index (χ1) is 4.81. The Balaban J connectivity index is 3.16. The van der Waals surface area contributed by atoms with Gasteiger partial charge in [-0.1, -0.05) is 45.8 Å². The lowest BCUT2D eigenvalue weighted by atomic mass is 10.1. The lowest BCUT2D eigenvalue weighted by Crippen LogP contribution is -1.87. The van der Waals surface area contributed by atoms with Crippen molar-refractivity contribution in [1.82, 2.24) is 0 Å². The van der Waals surface area contributed by atoms with Gasteiger partial charge in [0.25, 0.3) is 0 Å². The van der Waals surface area contributed by atoms with E-state index in [4.69, 9.17) is 0 Å². The number of allylic oxidation sites excluding steroid dienone is 2. The van der Waals surface area contributed by atoms with E-state index in [2.05, 4.69) is 32.9 Å². The number of unbranched alkanes of at least 4 members (excludes halogenated alkanes) is 1. The molecule has 0 fully saturated rings. The van der Waals surface area contributed by atoms with E-state index in [1.165, 1.54) is 25.7 Å². The summed E-state index contributed by atoms with van der Waals surface area (Å²) in [6.07, 6.45) is 9.70. The number of rotatable bonds is 5. The summed E-state index contributed by atoms with van der Waals surface area (Å²) in [5, 5.41) is 0. The van der Waals surface area contributed by atoms with Gasteiger partial charge >= 0.3 is 0 Å². The quantitative estimate of drug-likeness (QED) is 0.510. The van der Waals surface area contributed by atoms with Crippen LogP contribution in [0.15, 0.2) is 12.2 Å². The van der Waals surface area contributed by atoms with E-state index in [1.54, 1.807) is 0 Å². The molecule has 1 atom stereocenters. The first-order valence-electron chi connectivity index (χ1n) is 4.46. The molecule has 0 heterocycles. The molecule has 0 bridgehead atoms. The van der Waals surface area contributed by atoms with Gasteiger partial charge in [0.05, 0.1) is 0 Å². The van der Waals surface area contributed by atoms with Gasteiger partial charge in [-0.3, -0.25) is 0 Å². The van der Waals surface area contributed by atoms with Crippen molar-refractivity contribution in [2.24, 2.45) is 5.92 Å². The minimum absolute atomic E-state index is 0.869. The summed E-state index contributed by atoms with van der Waals surface area (Å²) in [6, 6.07) is 0. The van der Waals surface area contributed by atoms with Gasteiger partial charge in [0.2, 0.25) is 0 Å². The fourth-order valence-corrected chi connectivity index (χ4v) is 0.780. The van der Waals surface area contributed by atoms with Gasteiger partial charge in [-0.2, -0.15) is 0 Å². The zero-order valence-electron chi connectivity index (χ0n) is 7.56. The molecule has 0 spiro atoms. The molecule has 0 N–H and O–H groups in total. The Morgan fingerprint density at radius 3 is 2.40 bits per heavy atom. The minimum atomic E-state index is 0.869. The maximum atomic E-state index is 2.32. The molecule has 0 aromatic rings. The molecule has 0 aliphatic rings. The van der Waals surface area contributed by atoms with Crippen LogP contribution < -0.4 is 0 Å². The lowest BCUT2D eigenvalue weighted by Gasteiger charge is -2.01. The van der Waals surface area contributed by atoms with Crippen LogP contribution in [-0.2, 0) is 0 Å². The molecule has 0 heteroatoms. The van der Waals surface area contributed by atoms with Crippen LogP contribution in [0, 0.1) is 5.92 Å². The number of hydrogen-bond acceptors (Lipinski definition) is 0. The van der Waals surface area contributed by atoms with Crippen molar-refractivity contribution in [2.45, 2.75) is 46.5 Å². The normalized spacial score (nSPS) is 14.3. The average Bonchev–Trinajstić information content (AvgIpc) is 1.98. The lowest BCUT2D eigenvalue weighted by molar-refractivity contribution is 0.571. The molecule has 10 heavy (non-hydrogen) atoms. The van der Waals surface area contributed by atoms with Crippen LogP contribution in [0.1, 0.15) is 46.5 Å². The van der Waals surface area contributed by atoms with Gasteiger partial charge in [-0.05, 0) is 18.8 Å². The largest absolute Gasteiger partial charge is 0.0885 e. The molecular formula is C10H20. The highest BCUT2D eigenvalue weighted by molar-refractivity contribution is 4.82. The van der Waals surface area contributed by atoms with E-state index in [-0.39, 0.29) is 0 Å². The Morgan fingerprint density at radius 2 is 1.90 bits per heavy atom. The van der Waals surface area contributed by atoms with E-state index in [1.807, 2.05) is 0 Å². The summed E-state index contributed by atoms with van der Waals surface area (Å²) in [5.74, 6) is 0.869. The van der Waals surface area contributed by atoms with Gasteiger partial charge in [0.15, 0.2) is 0 Å². The third kappa shape index (κ3) is 5.87. The Bertz CT molecular complexity index is 82.0. The van der Waals surface area contributed by atoms with Crippen molar-refractivity contribution in [3.05, 3.63) is 12.2 Å². The van der Waals surface area contributed by atoms with Crippen LogP contribution >= 0.6 is 0 Å². The first kappa shape index (κ1) is 9.74. The molecule has 0 nitrogen and oxygen atoms in total. The van der Waals surface area contributed by atoms with Crippen LogP contribution in [0.2, 0.25) is 0 Å². The zero-order chi connectivity index (χ0) is 7.82. The number of hydrogen-bond donors (Lipinski definition) is 0. The van der Waals surface area contributed by atoms with Gasteiger partial charge in [0.1, 0.15) is 0 Å². The summed E-state index contributed by atoms with van der Waals surface area (Å²) in [6.45, 7) is 6.77. The fourth-order valence-electron chi connectivity index (χ4n) is 0.780. The highest BCUT2D eigenvalue weighted by Crippen LogP contribution is 2.06. The molecule has 0 rings (SSSR count). The fraction of sp³-hybridized carbons (Fsp3) is 0.800. The van der Waals surface area contributed by atoms with E-state index < -0.39 is 0 Å². The topological polar surface area (TPSA) is 0 Å². The summed E-state index contributed by atoms with van der Waals surface area (Å²) in [4.78, 5) is 0. The van der Waals surface area contributed by atoms with Crippen molar-refractivity contribution in [1.29, 1.82) is 0 Å². The summed E-state index contributed by atoms with van der Waals surface area (Å²) in [7, 11) is 0. The first-order valence-corrected chi connectivity index (χ1v) is 4.46. The summed E-state index contributed by atoms with van der Waals surface area (Å²) >= 11 is 0. The maximum Gasteiger partial charge on any atom is -0.0325 e. The van der Waals surface area contributed by atoms with Crippen LogP contribution in [0.25, 0.3) is 0 Å². The minimum Gasteiger partial charge on any atom is -0.0885 e. The monoisotopic (exact) mass is 140 g/mol. The van der Waals surface area contributed by atoms with Crippen molar-refractivity contribution in [3.8, 4) is 0 Å². The summed E-state index contributed by atoms with van der Waals surface area (Å²) < 4.78 is 0. The Labute approximate surface area is 65.3 Å². The molecule has 0 aliphatic carbocycles. The van der Waals surface area contributed by atoms with Crippen LogP contribution in [-0.4, -0.2) is 0 Å². The Kier molecular flexibility index (Phi) is 6.68. The Morgan fingerprint density at radius 1 is 1.20 bits per heavy atom. The highest BCUT2D eigenvalue weighted by atomic mass is 14.0. The molecular weight excluding hydrogens is 120 g/mol. The van der Waals surface area contributed by atoms with Gasteiger partial charge in [-0.25, -0.2) is 0 Å². The third-order valence-electron chi connectivity index (χ3n) is 1.86.